The summed E-state index contributed by atoms with van der Waals surface area (Å²) in [6.45, 7) is 3.98. The van der Waals surface area contributed by atoms with Gasteiger partial charge in [0, 0.05) is 5.69 Å². The largest absolute Gasteiger partial charge is 0.280 e. The maximum absolute atomic E-state index is 13.5. The normalized spacial score (nSPS) is 11.0. The van der Waals surface area contributed by atoms with Crippen LogP contribution in [0.1, 0.15) is 18.2 Å². The number of para-hydroxylation sites is 1. The SMILES string of the molecule is CCc1cc2ccc(F)cc2c(=O)n1-c1ccccc1C. The van der Waals surface area contributed by atoms with E-state index in [2.05, 4.69) is 0 Å². The van der Waals surface area contributed by atoms with Crippen LogP contribution in [0.25, 0.3) is 16.5 Å². The van der Waals surface area contributed by atoms with Crippen LogP contribution < -0.4 is 5.56 Å². The van der Waals surface area contributed by atoms with Crippen LogP contribution in [0.5, 0.6) is 0 Å². The average Bonchev–Trinajstić information content (AvgIpc) is 2.49. The minimum atomic E-state index is -0.389. The predicted molar refractivity (Wildman–Crippen MR) is 83.6 cm³/mol. The van der Waals surface area contributed by atoms with Gasteiger partial charge in [0.25, 0.3) is 5.56 Å². The second-order valence-electron chi connectivity index (χ2n) is 5.15. The second kappa shape index (κ2) is 5.17. The number of hydrogen-bond donors (Lipinski definition) is 0. The van der Waals surface area contributed by atoms with Gasteiger partial charge in [-0.2, -0.15) is 0 Å². The summed E-state index contributed by atoms with van der Waals surface area (Å²) in [5.74, 6) is -0.389. The van der Waals surface area contributed by atoms with Crippen molar-refractivity contribution < 1.29 is 4.39 Å². The Morgan fingerprint density at radius 2 is 1.86 bits per heavy atom. The zero-order valence-corrected chi connectivity index (χ0v) is 12.1. The number of aromatic nitrogens is 1. The topological polar surface area (TPSA) is 22.0 Å². The van der Waals surface area contributed by atoms with Gasteiger partial charge in [-0.1, -0.05) is 31.2 Å². The highest BCUT2D eigenvalue weighted by molar-refractivity contribution is 5.82. The molecule has 106 valence electrons. The summed E-state index contributed by atoms with van der Waals surface area (Å²) in [7, 11) is 0. The van der Waals surface area contributed by atoms with E-state index < -0.39 is 0 Å². The van der Waals surface area contributed by atoms with E-state index in [1.165, 1.54) is 12.1 Å². The first kappa shape index (κ1) is 13.6. The Labute approximate surface area is 122 Å². The summed E-state index contributed by atoms with van der Waals surface area (Å²) in [5.41, 5.74) is 2.63. The van der Waals surface area contributed by atoms with E-state index in [9.17, 15) is 9.18 Å². The lowest BCUT2D eigenvalue weighted by Crippen LogP contribution is -2.22. The minimum absolute atomic E-state index is 0.168. The summed E-state index contributed by atoms with van der Waals surface area (Å²) in [4.78, 5) is 12.8. The molecule has 0 atom stereocenters. The average molecular weight is 281 g/mol. The molecule has 0 unspecified atom stereocenters. The van der Waals surface area contributed by atoms with Crippen molar-refractivity contribution in [1.82, 2.24) is 4.57 Å². The van der Waals surface area contributed by atoms with Gasteiger partial charge in [-0.05, 0) is 48.6 Å². The monoisotopic (exact) mass is 281 g/mol. The van der Waals surface area contributed by atoms with Gasteiger partial charge in [0.15, 0.2) is 0 Å². The molecule has 2 nitrogen and oxygen atoms in total. The minimum Gasteiger partial charge on any atom is -0.280 e. The molecule has 0 bridgehead atoms. The van der Waals surface area contributed by atoms with Gasteiger partial charge in [-0.3, -0.25) is 9.36 Å². The first-order chi connectivity index (χ1) is 10.1. The zero-order valence-electron chi connectivity index (χ0n) is 12.1. The Morgan fingerprint density at radius 3 is 2.57 bits per heavy atom. The van der Waals surface area contributed by atoms with Gasteiger partial charge in [0.05, 0.1) is 11.1 Å². The Hall–Kier alpha value is -2.42. The van der Waals surface area contributed by atoms with Crippen molar-refractivity contribution in [2.24, 2.45) is 0 Å². The molecule has 0 saturated heterocycles. The Balaban J connectivity index is 2.44. The van der Waals surface area contributed by atoms with Crippen LogP contribution in [0, 0.1) is 12.7 Å². The predicted octanol–water partition coefficient (Wildman–Crippen LogP) is 4.00. The fourth-order valence-electron chi connectivity index (χ4n) is 2.67. The number of pyridine rings is 1. The molecule has 0 spiro atoms. The summed E-state index contributed by atoms with van der Waals surface area (Å²) >= 11 is 0. The summed E-state index contributed by atoms with van der Waals surface area (Å²) in [6, 6.07) is 14.1. The number of hydrogen-bond acceptors (Lipinski definition) is 1. The van der Waals surface area contributed by atoms with E-state index >= 15 is 0 Å². The molecule has 0 aliphatic carbocycles. The van der Waals surface area contributed by atoms with Gasteiger partial charge < -0.3 is 0 Å². The number of aryl methyl sites for hydroxylation is 2. The third-order valence-electron chi connectivity index (χ3n) is 3.78. The summed E-state index contributed by atoms with van der Waals surface area (Å²) < 4.78 is 15.2. The van der Waals surface area contributed by atoms with E-state index in [0.29, 0.717) is 5.39 Å². The standard InChI is InChI=1S/C18H16FNO/c1-3-15-10-13-8-9-14(19)11-16(13)18(21)20(15)17-7-5-4-6-12(17)2/h4-11H,3H2,1-2H3. The lowest BCUT2D eigenvalue weighted by molar-refractivity contribution is 0.629. The quantitative estimate of drug-likeness (QED) is 0.696. The maximum Gasteiger partial charge on any atom is 0.263 e. The van der Waals surface area contributed by atoms with Crippen molar-refractivity contribution >= 4 is 10.8 Å². The molecule has 1 heterocycles. The van der Waals surface area contributed by atoms with Crippen molar-refractivity contribution in [1.29, 1.82) is 0 Å². The van der Waals surface area contributed by atoms with Gasteiger partial charge in [0.1, 0.15) is 5.82 Å². The summed E-state index contributed by atoms with van der Waals surface area (Å²) in [6.07, 6.45) is 0.733. The highest BCUT2D eigenvalue weighted by atomic mass is 19.1. The Bertz CT molecular complexity index is 880. The van der Waals surface area contributed by atoms with E-state index in [1.54, 1.807) is 10.6 Å². The highest BCUT2D eigenvalue weighted by Crippen LogP contribution is 2.19. The van der Waals surface area contributed by atoms with E-state index in [-0.39, 0.29) is 11.4 Å². The van der Waals surface area contributed by atoms with Crippen LogP contribution in [-0.2, 0) is 6.42 Å². The smallest absolute Gasteiger partial charge is 0.263 e. The molecule has 3 heteroatoms. The maximum atomic E-state index is 13.5. The van der Waals surface area contributed by atoms with E-state index in [1.807, 2.05) is 44.2 Å². The fraction of sp³-hybridized carbons (Fsp3) is 0.167. The number of benzene rings is 2. The molecule has 2 aromatic carbocycles. The molecule has 3 rings (SSSR count). The van der Waals surface area contributed by atoms with Crippen LogP contribution in [0.15, 0.2) is 53.3 Å². The third-order valence-corrected chi connectivity index (χ3v) is 3.78. The second-order valence-corrected chi connectivity index (χ2v) is 5.15. The first-order valence-corrected chi connectivity index (χ1v) is 7.02. The third kappa shape index (κ3) is 2.25. The van der Waals surface area contributed by atoms with Crippen molar-refractivity contribution in [2.75, 3.05) is 0 Å². The number of halogens is 1. The van der Waals surface area contributed by atoms with Gasteiger partial charge in [0.2, 0.25) is 0 Å². The fourth-order valence-corrected chi connectivity index (χ4v) is 2.67. The van der Waals surface area contributed by atoms with Gasteiger partial charge in [-0.25, -0.2) is 4.39 Å². The molecular weight excluding hydrogens is 265 g/mol. The molecule has 0 saturated carbocycles. The summed E-state index contributed by atoms with van der Waals surface area (Å²) in [5, 5.41) is 1.19. The molecule has 0 radical (unpaired) electrons. The number of rotatable bonds is 2. The zero-order chi connectivity index (χ0) is 15.0. The first-order valence-electron chi connectivity index (χ1n) is 7.02. The lowest BCUT2D eigenvalue weighted by atomic mass is 10.1. The number of nitrogens with zero attached hydrogens (tertiary/aromatic N) is 1. The molecule has 0 amide bonds. The van der Waals surface area contributed by atoms with Crippen molar-refractivity contribution in [3.05, 3.63) is 76.0 Å². The molecule has 0 aliphatic rings. The molecule has 21 heavy (non-hydrogen) atoms. The molecule has 3 aromatic rings. The van der Waals surface area contributed by atoms with Crippen LogP contribution in [0.2, 0.25) is 0 Å². The van der Waals surface area contributed by atoms with Crippen molar-refractivity contribution in [2.45, 2.75) is 20.3 Å². The van der Waals surface area contributed by atoms with E-state index in [0.717, 1.165) is 28.8 Å². The molecule has 0 aliphatic heterocycles. The van der Waals surface area contributed by atoms with Crippen LogP contribution in [-0.4, -0.2) is 4.57 Å². The number of fused-ring (bicyclic) bond motifs is 1. The molecule has 0 N–H and O–H groups in total. The van der Waals surface area contributed by atoms with Crippen LogP contribution >= 0.6 is 0 Å². The Morgan fingerprint density at radius 1 is 1.10 bits per heavy atom. The van der Waals surface area contributed by atoms with Crippen LogP contribution in [0.4, 0.5) is 4.39 Å². The van der Waals surface area contributed by atoms with E-state index in [4.69, 9.17) is 0 Å². The lowest BCUT2D eigenvalue weighted by Gasteiger charge is -2.15. The Kier molecular flexibility index (Phi) is 3.34. The van der Waals surface area contributed by atoms with Gasteiger partial charge >= 0.3 is 0 Å². The molecular formula is C18H16FNO. The van der Waals surface area contributed by atoms with Crippen molar-refractivity contribution in [3.63, 3.8) is 0 Å². The molecule has 1 aromatic heterocycles. The highest BCUT2D eigenvalue weighted by Gasteiger charge is 2.12. The van der Waals surface area contributed by atoms with Crippen LogP contribution in [0.3, 0.4) is 0 Å². The molecule has 0 fully saturated rings. The van der Waals surface area contributed by atoms with Crippen molar-refractivity contribution in [3.8, 4) is 5.69 Å². The van der Waals surface area contributed by atoms with Gasteiger partial charge in [-0.15, -0.1) is 0 Å².